The zero-order valence-electron chi connectivity index (χ0n) is 18.5. The van der Waals surface area contributed by atoms with E-state index in [1.807, 2.05) is 4.90 Å². The summed E-state index contributed by atoms with van der Waals surface area (Å²) in [5.74, 6) is -1.42. The molecule has 184 valence electrons. The Balaban J connectivity index is 1.42. The van der Waals surface area contributed by atoms with Crippen LogP contribution in [-0.4, -0.2) is 82.8 Å². The van der Waals surface area contributed by atoms with E-state index in [0.29, 0.717) is 31.2 Å². The van der Waals surface area contributed by atoms with E-state index in [4.69, 9.17) is 4.84 Å². The average Bonchev–Trinajstić information content (AvgIpc) is 3.45. The molecule has 0 bridgehead atoms. The first-order chi connectivity index (χ1) is 16.1. The van der Waals surface area contributed by atoms with Crippen molar-refractivity contribution in [1.82, 2.24) is 19.8 Å². The molecular formula is C22H25F3N4O5. The number of nitrogens with zero attached hydrogens (tertiary/aromatic N) is 4. The molecule has 3 heterocycles. The number of carbonyl (C=O) groups excluding carboxylic acids is 4. The van der Waals surface area contributed by atoms with Crippen LogP contribution in [-0.2, 0) is 27.1 Å². The molecule has 0 saturated carbocycles. The molecule has 4 rings (SSSR count). The Labute approximate surface area is 194 Å². The molecule has 3 aliphatic rings. The van der Waals surface area contributed by atoms with Gasteiger partial charge in [-0.15, -0.1) is 5.06 Å². The predicted molar refractivity (Wildman–Crippen MR) is 111 cm³/mol. The van der Waals surface area contributed by atoms with E-state index in [-0.39, 0.29) is 49.5 Å². The fourth-order valence-electron chi connectivity index (χ4n) is 4.32. The molecular weight excluding hydrogens is 457 g/mol. The lowest BCUT2D eigenvalue weighted by atomic mass is 10.0. The Bertz CT molecular complexity index is 969. The molecule has 9 nitrogen and oxygen atoms in total. The van der Waals surface area contributed by atoms with Gasteiger partial charge >= 0.3 is 12.3 Å². The van der Waals surface area contributed by atoms with E-state index in [1.165, 1.54) is 11.0 Å². The van der Waals surface area contributed by atoms with Crippen LogP contribution in [0.25, 0.3) is 0 Å². The number of hydroxylamine groups is 2. The summed E-state index contributed by atoms with van der Waals surface area (Å²) in [5.41, 5.74) is -0.276. The van der Waals surface area contributed by atoms with Gasteiger partial charge in [0.2, 0.25) is 0 Å². The third kappa shape index (κ3) is 5.16. The molecule has 3 saturated heterocycles. The smallest absolute Gasteiger partial charge is 0.339 e. The molecule has 12 heteroatoms. The molecule has 0 atom stereocenters. The Morgan fingerprint density at radius 3 is 2.09 bits per heavy atom. The first-order valence-corrected chi connectivity index (χ1v) is 11.2. The Morgan fingerprint density at radius 2 is 1.50 bits per heavy atom. The van der Waals surface area contributed by atoms with Crippen molar-refractivity contribution >= 4 is 23.8 Å². The maximum Gasteiger partial charge on any atom is 0.434 e. The van der Waals surface area contributed by atoms with Gasteiger partial charge in [0.25, 0.3) is 17.7 Å². The maximum atomic E-state index is 13.3. The molecule has 0 N–H and O–H groups in total. The Morgan fingerprint density at radius 1 is 0.882 bits per heavy atom. The van der Waals surface area contributed by atoms with Crippen molar-refractivity contribution in [3.05, 3.63) is 34.9 Å². The summed E-state index contributed by atoms with van der Waals surface area (Å²) in [5, 5.41) is 0.480. The van der Waals surface area contributed by atoms with Crippen molar-refractivity contribution in [2.45, 2.75) is 38.4 Å². The molecule has 0 radical (unpaired) electrons. The number of likely N-dealkylation sites (tertiary alicyclic amines) is 1. The van der Waals surface area contributed by atoms with Gasteiger partial charge in [-0.2, -0.15) is 13.2 Å². The number of amides is 4. The van der Waals surface area contributed by atoms with Gasteiger partial charge in [-0.25, -0.2) is 4.79 Å². The van der Waals surface area contributed by atoms with E-state index < -0.39 is 29.6 Å². The van der Waals surface area contributed by atoms with E-state index >= 15 is 0 Å². The van der Waals surface area contributed by atoms with Crippen molar-refractivity contribution in [1.29, 1.82) is 0 Å². The summed E-state index contributed by atoms with van der Waals surface area (Å²) in [4.78, 5) is 58.3. The van der Waals surface area contributed by atoms with Crippen LogP contribution >= 0.6 is 0 Å². The SMILES string of the molecule is O=C(ON1C(=O)CCC1=O)N1CCN(Cc2cc(C(F)(F)F)ccc2C(=O)N2CCCC2)CC1. The van der Waals surface area contributed by atoms with Crippen LogP contribution in [0.3, 0.4) is 0 Å². The first-order valence-electron chi connectivity index (χ1n) is 11.2. The molecule has 0 spiro atoms. The second-order valence-electron chi connectivity index (χ2n) is 8.57. The number of hydrogen-bond donors (Lipinski definition) is 0. The van der Waals surface area contributed by atoms with Crippen LogP contribution in [0.15, 0.2) is 18.2 Å². The van der Waals surface area contributed by atoms with Gasteiger partial charge in [0.15, 0.2) is 0 Å². The molecule has 3 fully saturated rings. The number of alkyl halides is 3. The number of halogens is 3. The van der Waals surface area contributed by atoms with Gasteiger partial charge in [0.05, 0.1) is 5.56 Å². The molecule has 1 aromatic carbocycles. The highest BCUT2D eigenvalue weighted by Crippen LogP contribution is 2.31. The van der Waals surface area contributed by atoms with Gasteiger partial charge in [0.1, 0.15) is 0 Å². The Kier molecular flexibility index (Phi) is 6.78. The standard InChI is InChI=1S/C22H25F3N4O5/c23-22(24,25)16-3-4-17(20(32)27-7-1-2-8-27)15(13-16)14-26-9-11-28(12-10-26)21(33)34-29-18(30)5-6-19(29)31/h3-4,13H,1-2,5-12,14H2. The molecule has 0 unspecified atom stereocenters. The van der Waals surface area contributed by atoms with Gasteiger partial charge in [-0.05, 0) is 36.6 Å². The largest absolute Gasteiger partial charge is 0.434 e. The van der Waals surface area contributed by atoms with E-state index in [1.54, 1.807) is 4.90 Å². The molecule has 0 aromatic heterocycles. The minimum Gasteiger partial charge on any atom is -0.339 e. The zero-order chi connectivity index (χ0) is 24.5. The average molecular weight is 482 g/mol. The van der Waals surface area contributed by atoms with Crippen LogP contribution in [0.5, 0.6) is 0 Å². The summed E-state index contributed by atoms with van der Waals surface area (Å²) in [7, 11) is 0. The van der Waals surface area contributed by atoms with Gasteiger partial charge in [-0.3, -0.25) is 19.3 Å². The van der Waals surface area contributed by atoms with Crippen LogP contribution in [0.2, 0.25) is 0 Å². The van der Waals surface area contributed by atoms with E-state index in [0.717, 1.165) is 25.0 Å². The molecule has 0 aliphatic carbocycles. The second-order valence-corrected chi connectivity index (χ2v) is 8.57. The van der Waals surface area contributed by atoms with Crippen molar-refractivity contribution < 1.29 is 37.2 Å². The fourth-order valence-corrected chi connectivity index (χ4v) is 4.32. The lowest BCUT2D eigenvalue weighted by Gasteiger charge is -2.34. The van der Waals surface area contributed by atoms with Gasteiger partial charge in [0, 0.05) is 64.2 Å². The molecule has 34 heavy (non-hydrogen) atoms. The second kappa shape index (κ2) is 9.61. The fraction of sp³-hybridized carbons (Fsp3) is 0.545. The third-order valence-corrected chi connectivity index (χ3v) is 6.26. The summed E-state index contributed by atoms with van der Waals surface area (Å²) in [6.45, 7) is 2.33. The number of imide groups is 1. The lowest BCUT2D eigenvalue weighted by Crippen LogP contribution is -2.50. The lowest BCUT2D eigenvalue weighted by molar-refractivity contribution is -0.174. The minimum absolute atomic E-state index is 0.00460. The highest BCUT2D eigenvalue weighted by atomic mass is 19.4. The Hall–Kier alpha value is -3.15. The first kappa shape index (κ1) is 24.0. The van der Waals surface area contributed by atoms with Crippen LogP contribution in [0.1, 0.15) is 47.2 Å². The van der Waals surface area contributed by atoms with Gasteiger partial charge < -0.3 is 14.6 Å². The van der Waals surface area contributed by atoms with Crippen molar-refractivity contribution in [3.8, 4) is 0 Å². The number of benzene rings is 1. The molecule has 1 aromatic rings. The van der Waals surface area contributed by atoms with E-state index in [9.17, 15) is 32.3 Å². The number of carbonyl (C=O) groups is 4. The van der Waals surface area contributed by atoms with Gasteiger partial charge in [-0.1, -0.05) is 0 Å². The van der Waals surface area contributed by atoms with Crippen molar-refractivity contribution in [2.75, 3.05) is 39.3 Å². The summed E-state index contributed by atoms with van der Waals surface area (Å²) in [6, 6.07) is 3.20. The summed E-state index contributed by atoms with van der Waals surface area (Å²) < 4.78 is 40.0. The maximum absolute atomic E-state index is 13.3. The summed E-state index contributed by atoms with van der Waals surface area (Å²) >= 11 is 0. The number of piperazine rings is 1. The van der Waals surface area contributed by atoms with Crippen LogP contribution in [0, 0.1) is 0 Å². The number of rotatable bonds is 4. The highest BCUT2D eigenvalue weighted by molar-refractivity contribution is 6.01. The van der Waals surface area contributed by atoms with Crippen molar-refractivity contribution in [3.63, 3.8) is 0 Å². The van der Waals surface area contributed by atoms with Crippen LogP contribution in [0.4, 0.5) is 18.0 Å². The molecule has 3 aliphatic heterocycles. The number of hydrogen-bond acceptors (Lipinski definition) is 6. The monoisotopic (exact) mass is 482 g/mol. The van der Waals surface area contributed by atoms with Crippen LogP contribution < -0.4 is 0 Å². The third-order valence-electron chi connectivity index (χ3n) is 6.26. The normalized spacial score (nSPS) is 19.8. The van der Waals surface area contributed by atoms with Crippen molar-refractivity contribution in [2.24, 2.45) is 0 Å². The zero-order valence-corrected chi connectivity index (χ0v) is 18.5. The topological polar surface area (TPSA) is 90.5 Å². The minimum atomic E-state index is -4.53. The quantitative estimate of drug-likeness (QED) is 0.612. The molecule has 4 amide bonds. The summed E-state index contributed by atoms with van der Waals surface area (Å²) in [6.07, 6.45) is -3.63. The highest BCUT2D eigenvalue weighted by Gasteiger charge is 2.36. The predicted octanol–water partition coefficient (Wildman–Crippen LogP) is 2.26. The van der Waals surface area contributed by atoms with E-state index in [2.05, 4.69) is 0 Å².